The zero-order chi connectivity index (χ0) is 9.54. The van der Waals surface area contributed by atoms with E-state index in [2.05, 4.69) is 6.92 Å². The van der Waals surface area contributed by atoms with Gasteiger partial charge in [0.15, 0.2) is 0 Å². The first-order chi connectivity index (χ1) is 6.86. The van der Waals surface area contributed by atoms with Gasteiger partial charge in [0.05, 0.1) is 0 Å². The zero-order valence-corrected chi connectivity index (χ0v) is 7.53. The number of carbonyl (C=O) groups is 1. The molecular weight excluding hydrogens is 171 g/mol. The van der Waals surface area contributed by atoms with Gasteiger partial charge >= 0.3 is 81.4 Å². The van der Waals surface area contributed by atoms with E-state index in [9.17, 15) is 4.79 Å². The van der Waals surface area contributed by atoms with Gasteiger partial charge in [-0.25, -0.2) is 0 Å². The van der Waals surface area contributed by atoms with Crippen LogP contribution >= 0.6 is 0 Å². The molecule has 1 aromatic carbocycles. The number of fused-ring (bicyclic) bond motifs is 2. The van der Waals surface area contributed by atoms with Gasteiger partial charge in [0.2, 0.25) is 0 Å². The molecule has 64 valence electrons. The van der Waals surface area contributed by atoms with Crippen molar-refractivity contribution in [1.29, 1.82) is 0 Å². The summed E-state index contributed by atoms with van der Waals surface area (Å²) in [5, 5.41) is 2.21. The summed E-state index contributed by atoms with van der Waals surface area (Å²) in [6.45, 7) is 2.06. The first-order valence-electron chi connectivity index (χ1n) is 4.60. The van der Waals surface area contributed by atoms with Crippen LogP contribution in [0.15, 0.2) is 48.0 Å². The van der Waals surface area contributed by atoms with Crippen LogP contribution in [0, 0.1) is 5.11 Å². The van der Waals surface area contributed by atoms with Gasteiger partial charge in [-0.2, -0.15) is 0 Å². The van der Waals surface area contributed by atoms with E-state index >= 15 is 0 Å². The van der Waals surface area contributed by atoms with Crippen molar-refractivity contribution in [3.63, 3.8) is 0 Å². The molecule has 3 rings (SSSR count). The average Bonchev–Trinajstić information content (AvgIpc) is 2.57. The molecule has 2 heteroatoms. The number of carbonyl (C=O) groups excluding carboxylic acids is 1. The maximum absolute atomic E-state index is 11.7. The number of allylic oxidation sites excluding steroid dienone is 4. The van der Waals surface area contributed by atoms with Gasteiger partial charge in [-0.1, -0.05) is 0 Å². The first-order valence-corrected chi connectivity index (χ1v) is 4.60. The fourth-order valence-corrected chi connectivity index (χ4v) is 1.97. The van der Waals surface area contributed by atoms with Crippen LogP contribution in [-0.2, 0) is 4.79 Å². The Bertz CT molecular complexity index is 605. The Labute approximate surface area is 82.0 Å². The van der Waals surface area contributed by atoms with Crippen LogP contribution in [0.4, 0.5) is 0 Å². The predicted octanol–water partition coefficient (Wildman–Crippen LogP) is 0.829. The first kappa shape index (κ1) is 7.68. The van der Waals surface area contributed by atoms with Crippen molar-refractivity contribution >= 4 is 18.3 Å². The molecule has 0 aromatic heterocycles. The maximum atomic E-state index is 11.7. The molecule has 0 atom stereocenters. The van der Waals surface area contributed by atoms with Crippen molar-refractivity contribution in [2.75, 3.05) is 0 Å². The molecular formula is C12H7BO. The summed E-state index contributed by atoms with van der Waals surface area (Å²) in [6, 6.07) is 7.99. The summed E-state index contributed by atoms with van der Waals surface area (Å²) >= 11 is 0. The van der Waals surface area contributed by atoms with E-state index in [0.717, 1.165) is 21.4 Å². The van der Waals surface area contributed by atoms with Crippen molar-refractivity contribution in [2.45, 2.75) is 0 Å². The molecule has 1 aliphatic carbocycles. The SMILES string of the molecule is O=C1C=CC=C2B=c3ccccc3=C12. The van der Waals surface area contributed by atoms with E-state index in [1.165, 1.54) is 0 Å². The monoisotopic (exact) mass is 178 g/mol. The fraction of sp³-hybridized carbons (Fsp3) is 0. The van der Waals surface area contributed by atoms with Gasteiger partial charge < -0.3 is 0 Å². The van der Waals surface area contributed by atoms with Crippen LogP contribution in [0.5, 0.6) is 0 Å². The van der Waals surface area contributed by atoms with Crippen LogP contribution in [-0.4, -0.2) is 12.7 Å². The Kier molecular flexibility index (Phi) is 1.45. The van der Waals surface area contributed by atoms with Crippen LogP contribution in [0.25, 0.3) is 5.57 Å². The van der Waals surface area contributed by atoms with Gasteiger partial charge in [0.25, 0.3) is 0 Å². The molecule has 0 bridgehead atoms. The second kappa shape index (κ2) is 2.64. The quantitative estimate of drug-likeness (QED) is 0.537. The summed E-state index contributed by atoms with van der Waals surface area (Å²) < 4.78 is 0. The average molecular weight is 178 g/mol. The number of ketones is 1. The third kappa shape index (κ3) is 0.910. The Morgan fingerprint density at radius 3 is 2.93 bits per heavy atom. The minimum absolute atomic E-state index is 0.115. The van der Waals surface area contributed by atoms with Crippen LogP contribution in [0.2, 0.25) is 0 Å². The molecule has 0 radical (unpaired) electrons. The summed E-state index contributed by atoms with van der Waals surface area (Å²) in [7, 11) is 0. The molecule has 0 fully saturated rings. The van der Waals surface area contributed by atoms with Crippen molar-refractivity contribution in [3.05, 3.63) is 58.3 Å². The molecule has 2 aliphatic rings. The topological polar surface area (TPSA) is 17.1 Å². The summed E-state index contributed by atoms with van der Waals surface area (Å²) in [5.41, 5.74) is 1.89. The summed E-state index contributed by atoms with van der Waals surface area (Å²) in [5.74, 6) is 0.115. The molecule has 0 saturated carbocycles. The Hall–Kier alpha value is -1.70. The molecule has 0 N–H and O–H groups in total. The zero-order valence-electron chi connectivity index (χ0n) is 7.53. The number of rotatable bonds is 0. The van der Waals surface area contributed by atoms with E-state index in [1.807, 2.05) is 36.4 Å². The minimum atomic E-state index is 0.115. The Morgan fingerprint density at radius 1 is 1.14 bits per heavy atom. The van der Waals surface area contributed by atoms with Crippen molar-refractivity contribution in [3.8, 4) is 0 Å². The second-order valence-corrected chi connectivity index (χ2v) is 3.45. The van der Waals surface area contributed by atoms with Crippen molar-refractivity contribution in [2.24, 2.45) is 0 Å². The van der Waals surface area contributed by atoms with Crippen molar-refractivity contribution in [1.82, 2.24) is 0 Å². The third-order valence-corrected chi connectivity index (χ3v) is 2.60. The Morgan fingerprint density at radius 2 is 2.00 bits per heavy atom. The van der Waals surface area contributed by atoms with E-state index in [1.54, 1.807) is 6.08 Å². The molecule has 14 heavy (non-hydrogen) atoms. The fourth-order valence-electron chi connectivity index (χ4n) is 1.97. The number of hydrogen-bond acceptors (Lipinski definition) is 1. The standard InChI is InChI=1S/C12H7BO/c14-11-7-3-6-10-12(11)8-4-1-2-5-9(8)13-10/h1-7H. The van der Waals surface area contributed by atoms with Crippen LogP contribution < -0.4 is 5.22 Å². The van der Waals surface area contributed by atoms with Gasteiger partial charge in [0, 0.05) is 0 Å². The number of benzene rings is 1. The third-order valence-electron chi connectivity index (χ3n) is 2.60. The molecule has 0 amide bonds. The molecule has 1 nitrogen and oxygen atoms in total. The van der Waals surface area contributed by atoms with E-state index in [0.29, 0.717) is 0 Å². The van der Waals surface area contributed by atoms with E-state index in [4.69, 9.17) is 0 Å². The second-order valence-electron chi connectivity index (χ2n) is 3.45. The van der Waals surface area contributed by atoms with Crippen LogP contribution in [0.1, 0.15) is 0 Å². The molecule has 0 unspecified atom stereocenters. The predicted molar refractivity (Wildman–Crippen MR) is 56.3 cm³/mol. The van der Waals surface area contributed by atoms with E-state index < -0.39 is 0 Å². The molecule has 1 heterocycles. The molecule has 0 saturated heterocycles. The summed E-state index contributed by atoms with van der Waals surface area (Å²) in [6.07, 6.45) is 5.41. The summed E-state index contributed by atoms with van der Waals surface area (Å²) in [4.78, 5) is 11.7. The molecule has 0 spiro atoms. The van der Waals surface area contributed by atoms with Gasteiger partial charge in [-0.05, 0) is 0 Å². The van der Waals surface area contributed by atoms with E-state index in [-0.39, 0.29) is 5.78 Å². The van der Waals surface area contributed by atoms with Crippen molar-refractivity contribution < 1.29 is 4.79 Å². The number of hydrogen-bond donors (Lipinski definition) is 0. The normalized spacial score (nSPS) is 16.7. The van der Waals surface area contributed by atoms with Crippen LogP contribution in [0.3, 0.4) is 0 Å². The Balaban J connectivity index is 2.51. The van der Waals surface area contributed by atoms with Gasteiger partial charge in [0.1, 0.15) is 0 Å². The van der Waals surface area contributed by atoms with Gasteiger partial charge in [-0.3, -0.25) is 0 Å². The molecule has 1 aromatic rings. The van der Waals surface area contributed by atoms with Gasteiger partial charge in [-0.15, -0.1) is 0 Å². The molecule has 1 aliphatic heterocycles.